The Morgan fingerprint density at radius 2 is 2.19 bits per heavy atom. The van der Waals surface area contributed by atoms with Crippen LogP contribution in [0.4, 0.5) is 8.78 Å². The molecule has 1 atom stereocenters. The van der Waals surface area contributed by atoms with Crippen molar-refractivity contribution in [3.05, 3.63) is 29.8 Å². The number of amides is 1. The van der Waals surface area contributed by atoms with Gasteiger partial charge in [0.05, 0.1) is 19.1 Å². The highest BCUT2D eigenvalue weighted by Gasteiger charge is 2.16. The van der Waals surface area contributed by atoms with E-state index in [2.05, 4.69) is 15.4 Å². The van der Waals surface area contributed by atoms with Crippen molar-refractivity contribution in [2.24, 2.45) is 0 Å². The van der Waals surface area contributed by atoms with Gasteiger partial charge in [0.1, 0.15) is 5.75 Å². The van der Waals surface area contributed by atoms with Gasteiger partial charge in [-0.15, -0.1) is 0 Å². The van der Waals surface area contributed by atoms with E-state index in [0.717, 1.165) is 12.1 Å². The van der Waals surface area contributed by atoms with Gasteiger partial charge in [0, 0.05) is 19.6 Å². The first-order valence-electron chi connectivity index (χ1n) is 6.76. The minimum atomic E-state index is -2.83. The smallest absolute Gasteiger partial charge is 0.387 e. The third kappa shape index (κ3) is 5.65. The van der Waals surface area contributed by atoms with Gasteiger partial charge < -0.3 is 20.1 Å². The van der Waals surface area contributed by atoms with Crippen molar-refractivity contribution < 1.29 is 23.0 Å². The van der Waals surface area contributed by atoms with Crippen molar-refractivity contribution in [2.75, 3.05) is 19.7 Å². The summed E-state index contributed by atoms with van der Waals surface area (Å²) in [6.45, 7) is -0.393. The van der Waals surface area contributed by atoms with E-state index < -0.39 is 6.61 Å². The Morgan fingerprint density at radius 1 is 1.43 bits per heavy atom. The summed E-state index contributed by atoms with van der Waals surface area (Å²) in [7, 11) is 0. The Kier molecular flexibility index (Phi) is 5.89. The molecule has 1 aliphatic rings. The first-order valence-corrected chi connectivity index (χ1v) is 6.76. The Balaban J connectivity index is 1.73. The van der Waals surface area contributed by atoms with E-state index in [1.165, 1.54) is 12.1 Å². The number of alkyl halides is 2. The van der Waals surface area contributed by atoms with Crippen molar-refractivity contribution >= 4 is 5.91 Å². The maximum absolute atomic E-state index is 12.0. The largest absolute Gasteiger partial charge is 0.435 e. The van der Waals surface area contributed by atoms with Crippen LogP contribution in [0.5, 0.6) is 5.75 Å². The topological polar surface area (TPSA) is 59.6 Å². The van der Waals surface area contributed by atoms with Crippen LogP contribution in [0, 0.1) is 0 Å². The Bertz CT molecular complexity index is 448. The summed E-state index contributed by atoms with van der Waals surface area (Å²) in [5.74, 6) is -0.00152. The number of halogens is 2. The zero-order valence-corrected chi connectivity index (χ0v) is 11.5. The summed E-state index contributed by atoms with van der Waals surface area (Å²) in [5.41, 5.74) is 0.813. The molecule has 2 rings (SSSR count). The number of morpholine rings is 1. The summed E-state index contributed by atoms with van der Waals surface area (Å²) >= 11 is 0. The number of nitrogens with one attached hydrogen (secondary N) is 2. The van der Waals surface area contributed by atoms with Gasteiger partial charge in [0.2, 0.25) is 5.91 Å². The molecule has 1 aromatic carbocycles. The predicted molar refractivity (Wildman–Crippen MR) is 72.1 cm³/mol. The van der Waals surface area contributed by atoms with E-state index in [9.17, 15) is 13.6 Å². The minimum absolute atomic E-state index is 0.0967. The second-order valence-corrected chi connectivity index (χ2v) is 4.70. The number of rotatable bonds is 6. The highest BCUT2D eigenvalue weighted by atomic mass is 19.3. The molecule has 1 saturated heterocycles. The van der Waals surface area contributed by atoms with E-state index in [1.54, 1.807) is 12.1 Å². The van der Waals surface area contributed by atoms with E-state index in [1.807, 2.05) is 0 Å². The molecule has 0 saturated carbocycles. The summed E-state index contributed by atoms with van der Waals surface area (Å²) in [5, 5.41) is 5.93. The fourth-order valence-corrected chi connectivity index (χ4v) is 2.02. The molecular formula is C14H18F2N2O3. The summed E-state index contributed by atoms with van der Waals surface area (Å²) in [6, 6.07) is 6.16. The zero-order valence-electron chi connectivity index (χ0n) is 11.5. The van der Waals surface area contributed by atoms with Crippen molar-refractivity contribution in [3.8, 4) is 5.75 Å². The van der Waals surface area contributed by atoms with Crippen LogP contribution in [-0.4, -0.2) is 38.3 Å². The average molecular weight is 300 g/mol. The van der Waals surface area contributed by atoms with Crippen LogP contribution in [-0.2, 0) is 16.1 Å². The molecule has 21 heavy (non-hydrogen) atoms. The molecule has 1 aliphatic heterocycles. The van der Waals surface area contributed by atoms with Crippen LogP contribution < -0.4 is 15.4 Å². The zero-order chi connectivity index (χ0) is 15.1. The van der Waals surface area contributed by atoms with Crippen molar-refractivity contribution in [3.63, 3.8) is 0 Å². The van der Waals surface area contributed by atoms with Gasteiger partial charge in [-0.2, -0.15) is 8.78 Å². The molecule has 0 radical (unpaired) electrons. The lowest BCUT2D eigenvalue weighted by Gasteiger charge is -2.23. The molecule has 0 bridgehead atoms. The molecule has 7 heteroatoms. The number of hydrogen-bond donors (Lipinski definition) is 2. The average Bonchev–Trinajstić information content (AvgIpc) is 2.47. The van der Waals surface area contributed by atoms with Crippen LogP contribution in [0.25, 0.3) is 0 Å². The molecule has 2 N–H and O–H groups in total. The standard InChI is InChI=1S/C14H18F2N2O3/c15-14(16)21-11-3-1-10(2-4-11)8-18-13(19)7-12-9-17-5-6-20-12/h1-4,12,14,17H,5-9H2,(H,18,19). The van der Waals surface area contributed by atoms with Crippen LogP contribution in [0.2, 0.25) is 0 Å². The van der Waals surface area contributed by atoms with Gasteiger partial charge in [-0.3, -0.25) is 4.79 Å². The lowest BCUT2D eigenvalue weighted by molar-refractivity contribution is -0.124. The third-order valence-electron chi connectivity index (χ3n) is 3.06. The van der Waals surface area contributed by atoms with E-state index >= 15 is 0 Å². The molecule has 1 amide bonds. The minimum Gasteiger partial charge on any atom is -0.435 e. The normalized spacial score (nSPS) is 18.5. The van der Waals surface area contributed by atoms with Crippen LogP contribution >= 0.6 is 0 Å². The molecule has 0 aromatic heterocycles. The number of benzene rings is 1. The summed E-state index contributed by atoms with van der Waals surface area (Å²) < 4.78 is 33.7. The molecular weight excluding hydrogens is 282 g/mol. The van der Waals surface area contributed by atoms with E-state index in [4.69, 9.17) is 4.74 Å². The fourth-order valence-electron chi connectivity index (χ4n) is 2.02. The van der Waals surface area contributed by atoms with E-state index in [0.29, 0.717) is 26.1 Å². The molecule has 5 nitrogen and oxygen atoms in total. The molecule has 1 heterocycles. The van der Waals surface area contributed by atoms with Crippen LogP contribution in [0.3, 0.4) is 0 Å². The number of carbonyl (C=O) groups is 1. The van der Waals surface area contributed by atoms with Gasteiger partial charge >= 0.3 is 6.61 Å². The summed E-state index contributed by atoms with van der Waals surface area (Å²) in [4.78, 5) is 11.8. The second-order valence-electron chi connectivity index (χ2n) is 4.70. The monoisotopic (exact) mass is 300 g/mol. The van der Waals surface area contributed by atoms with Crippen molar-refractivity contribution in [1.29, 1.82) is 0 Å². The van der Waals surface area contributed by atoms with Gasteiger partial charge in [-0.05, 0) is 17.7 Å². The van der Waals surface area contributed by atoms with E-state index in [-0.39, 0.29) is 17.8 Å². The van der Waals surface area contributed by atoms with Gasteiger partial charge in [0.25, 0.3) is 0 Å². The maximum atomic E-state index is 12.0. The SMILES string of the molecule is O=C(CC1CNCCO1)NCc1ccc(OC(F)F)cc1. The number of carbonyl (C=O) groups excluding carboxylic acids is 1. The molecule has 1 unspecified atom stereocenters. The van der Waals surface area contributed by atoms with Crippen molar-refractivity contribution in [2.45, 2.75) is 25.7 Å². The number of ether oxygens (including phenoxy) is 2. The van der Waals surface area contributed by atoms with Gasteiger partial charge in [0.15, 0.2) is 0 Å². The van der Waals surface area contributed by atoms with Gasteiger partial charge in [-0.25, -0.2) is 0 Å². The molecule has 1 fully saturated rings. The Labute approximate surface area is 121 Å². The quantitative estimate of drug-likeness (QED) is 0.831. The first kappa shape index (κ1) is 15.7. The Morgan fingerprint density at radius 3 is 2.81 bits per heavy atom. The Hall–Kier alpha value is -1.73. The molecule has 0 spiro atoms. The molecule has 116 valence electrons. The maximum Gasteiger partial charge on any atom is 0.387 e. The highest BCUT2D eigenvalue weighted by Crippen LogP contribution is 2.14. The lowest BCUT2D eigenvalue weighted by atomic mass is 10.2. The van der Waals surface area contributed by atoms with Gasteiger partial charge in [-0.1, -0.05) is 12.1 Å². The van der Waals surface area contributed by atoms with Crippen LogP contribution in [0.15, 0.2) is 24.3 Å². The highest BCUT2D eigenvalue weighted by molar-refractivity contribution is 5.76. The third-order valence-corrected chi connectivity index (χ3v) is 3.06. The first-order chi connectivity index (χ1) is 10.1. The molecule has 0 aliphatic carbocycles. The summed E-state index contributed by atoms with van der Waals surface area (Å²) in [6.07, 6.45) is 0.208. The van der Waals surface area contributed by atoms with Crippen molar-refractivity contribution in [1.82, 2.24) is 10.6 Å². The lowest BCUT2D eigenvalue weighted by Crippen LogP contribution is -2.41. The number of hydrogen-bond acceptors (Lipinski definition) is 4. The fraction of sp³-hybridized carbons (Fsp3) is 0.500. The predicted octanol–water partition coefficient (Wildman–Crippen LogP) is 1.28. The second kappa shape index (κ2) is 7.90. The molecule has 1 aromatic rings. The van der Waals surface area contributed by atoms with Crippen LogP contribution in [0.1, 0.15) is 12.0 Å².